The lowest BCUT2D eigenvalue weighted by molar-refractivity contribution is -0.111. The lowest BCUT2D eigenvalue weighted by Crippen LogP contribution is -2.25. The van der Waals surface area contributed by atoms with E-state index in [4.69, 9.17) is 0 Å². The van der Waals surface area contributed by atoms with Crippen LogP contribution in [0.4, 0.5) is 5.69 Å². The molecule has 0 bridgehead atoms. The second-order valence-electron chi connectivity index (χ2n) is 6.42. The number of hydrogen-bond donors (Lipinski definition) is 2. The first-order valence-electron chi connectivity index (χ1n) is 8.65. The molecule has 1 saturated carbocycles. The summed E-state index contributed by atoms with van der Waals surface area (Å²) in [6.07, 6.45) is 6.93. The number of sulfonamides is 1. The second-order valence-corrected chi connectivity index (χ2v) is 9.00. The Morgan fingerprint density at radius 1 is 1.11 bits per heavy atom. The Kier molecular flexibility index (Phi) is 6.36. The fourth-order valence-electron chi connectivity index (χ4n) is 2.45. The third-order valence-corrected chi connectivity index (χ3v) is 6.21. The number of benzene rings is 2. The zero-order valence-electron chi connectivity index (χ0n) is 15.0. The van der Waals surface area contributed by atoms with Crippen LogP contribution in [0.5, 0.6) is 0 Å². The fraction of sp³-hybridized carbons (Fsp3) is 0.250. The van der Waals surface area contributed by atoms with Gasteiger partial charge in [0.1, 0.15) is 0 Å². The molecule has 1 aliphatic rings. The van der Waals surface area contributed by atoms with Crippen LogP contribution < -0.4 is 10.0 Å². The molecule has 0 atom stereocenters. The molecule has 0 saturated heterocycles. The predicted octanol–water partition coefficient (Wildman–Crippen LogP) is 3.64. The molecule has 0 unspecified atom stereocenters. The monoisotopic (exact) mass is 402 g/mol. The van der Waals surface area contributed by atoms with Crippen LogP contribution in [0.2, 0.25) is 0 Å². The molecule has 0 aromatic heterocycles. The number of carbonyl (C=O) groups excluding carboxylic acids is 1. The van der Waals surface area contributed by atoms with Gasteiger partial charge in [-0.05, 0) is 60.6 Å². The third kappa shape index (κ3) is 5.95. The van der Waals surface area contributed by atoms with E-state index >= 15 is 0 Å². The van der Waals surface area contributed by atoms with Crippen molar-refractivity contribution in [3.05, 3.63) is 65.7 Å². The molecule has 0 radical (unpaired) electrons. The summed E-state index contributed by atoms with van der Waals surface area (Å²) in [5.74, 6) is 0.704. The van der Waals surface area contributed by atoms with Crippen LogP contribution in [0.25, 0.3) is 6.08 Å². The summed E-state index contributed by atoms with van der Waals surface area (Å²) in [6.45, 7) is 0. The summed E-state index contributed by atoms with van der Waals surface area (Å²) in [7, 11) is -3.45. The summed E-state index contributed by atoms with van der Waals surface area (Å²) in [5, 5.41) is 2.81. The van der Waals surface area contributed by atoms with Gasteiger partial charge in [0, 0.05) is 23.6 Å². The first kappa shape index (κ1) is 19.7. The number of nitrogens with one attached hydrogen (secondary N) is 2. The number of carbonyl (C=O) groups is 1. The van der Waals surface area contributed by atoms with Crippen LogP contribution in [-0.2, 0) is 20.6 Å². The van der Waals surface area contributed by atoms with E-state index in [0.717, 1.165) is 29.8 Å². The summed E-state index contributed by atoms with van der Waals surface area (Å²) >= 11 is 1.75. The van der Waals surface area contributed by atoms with Crippen molar-refractivity contribution in [2.45, 2.75) is 29.5 Å². The summed E-state index contributed by atoms with van der Waals surface area (Å²) < 4.78 is 26.9. The van der Waals surface area contributed by atoms with Gasteiger partial charge >= 0.3 is 0 Å². The topological polar surface area (TPSA) is 75.3 Å². The van der Waals surface area contributed by atoms with Crippen LogP contribution in [0, 0.1) is 0 Å². The number of rotatable bonds is 8. The highest BCUT2D eigenvalue weighted by Gasteiger charge is 2.27. The highest BCUT2D eigenvalue weighted by Crippen LogP contribution is 2.22. The van der Waals surface area contributed by atoms with E-state index < -0.39 is 10.0 Å². The van der Waals surface area contributed by atoms with Gasteiger partial charge in [0.05, 0.1) is 4.90 Å². The van der Waals surface area contributed by atoms with E-state index in [1.807, 2.05) is 30.5 Å². The van der Waals surface area contributed by atoms with Crippen molar-refractivity contribution in [1.82, 2.24) is 4.72 Å². The zero-order valence-corrected chi connectivity index (χ0v) is 16.6. The van der Waals surface area contributed by atoms with Gasteiger partial charge in [0.2, 0.25) is 15.9 Å². The van der Waals surface area contributed by atoms with E-state index in [2.05, 4.69) is 10.0 Å². The van der Waals surface area contributed by atoms with Crippen molar-refractivity contribution in [1.29, 1.82) is 0 Å². The Morgan fingerprint density at radius 3 is 2.37 bits per heavy atom. The standard InChI is InChI=1S/C20H22N2O3S2/c1-26-14-16-2-7-17(8-3-16)21-20(23)13-6-15-4-11-19(12-5-15)27(24,25)22-18-9-10-18/h2-8,11-13,18,22H,9-10,14H2,1H3,(H,21,23)/b13-6+. The van der Waals surface area contributed by atoms with Crippen LogP contribution in [0.3, 0.4) is 0 Å². The molecule has 2 N–H and O–H groups in total. The molecular formula is C20H22N2O3S2. The van der Waals surface area contributed by atoms with Gasteiger partial charge < -0.3 is 5.32 Å². The molecule has 7 heteroatoms. The maximum atomic E-state index is 12.1. The summed E-state index contributed by atoms with van der Waals surface area (Å²) in [4.78, 5) is 12.3. The van der Waals surface area contributed by atoms with Gasteiger partial charge in [-0.3, -0.25) is 4.79 Å². The molecule has 27 heavy (non-hydrogen) atoms. The van der Waals surface area contributed by atoms with Crippen molar-refractivity contribution in [3.8, 4) is 0 Å². The first-order chi connectivity index (χ1) is 13.0. The molecule has 3 rings (SSSR count). The van der Waals surface area contributed by atoms with E-state index in [0.29, 0.717) is 0 Å². The van der Waals surface area contributed by atoms with Crippen molar-refractivity contribution >= 4 is 39.5 Å². The Morgan fingerprint density at radius 2 is 1.78 bits per heavy atom. The minimum Gasteiger partial charge on any atom is -0.323 e. The molecule has 2 aromatic rings. The van der Waals surface area contributed by atoms with Gasteiger partial charge in [-0.25, -0.2) is 13.1 Å². The normalized spacial score (nSPS) is 14.4. The minimum absolute atomic E-state index is 0.0769. The summed E-state index contributed by atoms with van der Waals surface area (Å²) in [6, 6.07) is 14.3. The molecule has 142 valence electrons. The maximum Gasteiger partial charge on any atom is 0.248 e. The highest BCUT2D eigenvalue weighted by molar-refractivity contribution is 7.97. The largest absolute Gasteiger partial charge is 0.323 e. The maximum absolute atomic E-state index is 12.1. The van der Waals surface area contributed by atoms with Gasteiger partial charge in [-0.2, -0.15) is 11.8 Å². The fourth-order valence-corrected chi connectivity index (χ4v) is 4.28. The van der Waals surface area contributed by atoms with Gasteiger partial charge in [0.25, 0.3) is 0 Å². The molecule has 2 aromatic carbocycles. The number of anilines is 1. The Labute approximate surface area is 164 Å². The molecular weight excluding hydrogens is 380 g/mol. The first-order valence-corrected chi connectivity index (χ1v) is 11.5. The number of hydrogen-bond acceptors (Lipinski definition) is 4. The molecule has 0 spiro atoms. The average Bonchev–Trinajstić information content (AvgIpc) is 3.45. The van der Waals surface area contributed by atoms with Gasteiger partial charge in [0.15, 0.2) is 0 Å². The average molecular weight is 403 g/mol. The summed E-state index contributed by atoms with van der Waals surface area (Å²) in [5.41, 5.74) is 2.70. The highest BCUT2D eigenvalue weighted by atomic mass is 32.2. The van der Waals surface area contributed by atoms with Crippen molar-refractivity contribution in [2.24, 2.45) is 0 Å². The van der Waals surface area contributed by atoms with Gasteiger partial charge in [-0.1, -0.05) is 24.3 Å². The van der Waals surface area contributed by atoms with Crippen molar-refractivity contribution < 1.29 is 13.2 Å². The SMILES string of the molecule is CSCc1ccc(NC(=O)/C=C/c2ccc(S(=O)(=O)NC3CC3)cc2)cc1. The lowest BCUT2D eigenvalue weighted by atomic mass is 10.2. The van der Waals surface area contributed by atoms with Crippen LogP contribution in [0.1, 0.15) is 24.0 Å². The molecule has 1 aliphatic carbocycles. The van der Waals surface area contributed by atoms with E-state index in [9.17, 15) is 13.2 Å². The molecule has 0 aliphatic heterocycles. The molecule has 1 amide bonds. The third-order valence-electron chi connectivity index (χ3n) is 4.05. The molecule has 1 fully saturated rings. The van der Waals surface area contributed by atoms with Crippen LogP contribution >= 0.6 is 11.8 Å². The second kappa shape index (κ2) is 8.73. The Bertz CT molecular complexity index is 917. The quantitative estimate of drug-likeness (QED) is 0.661. The number of amides is 1. The van der Waals surface area contributed by atoms with Crippen molar-refractivity contribution in [2.75, 3.05) is 11.6 Å². The van der Waals surface area contributed by atoms with Crippen molar-refractivity contribution in [3.63, 3.8) is 0 Å². The lowest BCUT2D eigenvalue weighted by Gasteiger charge is -2.05. The smallest absolute Gasteiger partial charge is 0.248 e. The van der Waals surface area contributed by atoms with E-state index in [1.165, 1.54) is 11.6 Å². The Balaban J connectivity index is 1.57. The van der Waals surface area contributed by atoms with Crippen LogP contribution in [-0.4, -0.2) is 26.6 Å². The predicted molar refractivity (Wildman–Crippen MR) is 111 cm³/mol. The zero-order chi connectivity index (χ0) is 19.3. The number of thioether (sulfide) groups is 1. The Hall–Kier alpha value is -2.09. The van der Waals surface area contributed by atoms with Gasteiger partial charge in [-0.15, -0.1) is 0 Å². The molecule has 0 heterocycles. The minimum atomic E-state index is -3.45. The molecule has 5 nitrogen and oxygen atoms in total. The van der Waals surface area contributed by atoms with E-state index in [-0.39, 0.29) is 16.8 Å². The van der Waals surface area contributed by atoms with E-state index in [1.54, 1.807) is 42.1 Å². The van der Waals surface area contributed by atoms with Crippen LogP contribution in [0.15, 0.2) is 59.5 Å².